The Morgan fingerprint density at radius 2 is 1.89 bits per heavy atom. The molecule has 2 aromatic rings. The zero-order chi connectivity index (χ0) is 13.3. The molecule has 0 aliphatic rings. The molecule has 0 spiro atoms. The van der Waals surface area contributed by atoms with E-state index >= 15 is 0 Å². The molecule has 0 saturated heterocycles. The molecule has 1 atom stereocenters. The number of benzene rings is 1. The van der Waals surface area contributed by atoms with Gasteiger partial charge >= 0.3 is 0 Å². The van der Waals surface area contributed by atoms with Crippen molar-refractivity contribution in [2.24, 2.45) is 11.1 Å². The number of nitrogens with two attached hydrogens (primary N) is 1. The summed E-state index contributed by atoms with van der Waals surface area (Å²) in [6.45, 7) is 6.81. The second-order valence-corrected chi connectivity index (χ2v) is 5.83. The first-order valence-corrected chi connectivity index (χ1v) is 6.23. The predicted molar refractivity (Wildman–Crippen MR) is 75.6 cm³/mol. The maximum absolute atomic E-state index is 12.3. The largest absolute Gasteiger partial charge is 0.326 e. The van der Waals surface area contributed by atoms with E-state index in [1.54, 1.807) is 4.57 Å². The second kappa shape index (κ2) is 4.58. The van der Waals surface area contributed by atoms with E-state index in [0.29, 0.717) is 6.54 Å². The number of nitrogens with zero attached hydrogens (tertiary/aromatic N) is 1. The Morgan fingerprint density at radius 1 is 1.22 bits per heavy atom. The van der Waals surface area contributed by atoms with Crippen LogP contribution in [0.25, 0.3) is 10.8 Å². The van der Waals surface area contributed by atoms with E-state index in [4.69, 9.17) is 5.73 Å². The summed E-state index contributed by atoms with van der Waals surface area (Å²) < 4.78 is 1.71. The third kappa shape index (κ3) is 2.46. The molecule has 0 fully saturated rings. The smallest absolute Gasteiger partial charge is 0.258 e. The number of pyridine rings is 1. The van der Waals surface area contributed by atoms with Crippen molar-refractivity contribution in [3.05, 3.63) is 46.9 Å². The monoisotopic (exact) mass is 244 g/mol. The highest BCUT2D eigenvalue weighted by Gasteiger charge is 2.21. The molecule has 0 aliphatic carbocycles. The summed E-state index contributed by atoms with van der Waals surface area (Å²) in [6, 6.07) is 9.55. The van der Waals surface area contributed by atoms with E-state index in [1.165, 1.54) is 0 Å². The standard InChI is InChI=1S/C15H20N2O/c1-15(2,3)13(16)10-17-9-8-11-6-4-5-7-12(11)14(17)18/h4-9,13H,10,16H2,1-3H3. The van der Waals surface area contributed by atoms with E-state index in [0.717, 1.165) is 10.8 Å². The molecule has 0 bridgehead atoms. The molecule has 3 heteroatoms. The Morgan fingerprint density at radius 3 is 2.56 bits per heavy atom. The Kier molecular flexibility index (Phi) is 3.26. The molecule has 0 aliphatic heterocycles. The van der Waals surface area contributed by atoms with Crippen molar-refractivity contribution in [2.45, 2.75) is 33.4 Å². The highest BCUT2D eigenvalue weighted by molar-refractivity contribution is 5.81. The Balaban J connectivity index is 2.41. The maximum atomic E-state index is 12.3. The van der Waals surface area contributed by atoms with Crippen molar-refractivity contribution in [3.63, 3.8) is 0 Å². The maximum Gasteiger partial charge on any atom is 0.258 e. The molecular weight excluding hydrogens is 224 g/mol. The lowest BCUT2D eigenvalue weighted by Gasteiger charge is -2.27. The minimum absolute atomic E-state index is 0.00884. The number of hydrogen-bond donors (Lipinski definition) is 1. The van der Waals surface area contributed by atoms with Gasteiger partial charge in [0.15, 0.2) is 0 Å². The summed E-state index contributed by atoms with van der Waals surface area (Å²) in [5, 5.41) is 1.73. The van der Waals surface area contributed by atoms with Crippen molar-refractivity contribution in [1.82, 2.24) is 4.57 Å². The summed E-state index contributed by atoms with van der Waals surface area (Å²) in [6.07, 6.45) is 1.83. The predicted octanol–water partition coefficient (Wildman–Crippen LogP) is 2.37. The molecule has 2 N–H and O–H groups in total. The second-order valence-electron chi connectivity index (χ2n) is 5.83. The van der Waals surface area contributed by atoms with Gasteiger partial charge in [-0.1, -0.05) is 39.0 Å². The average molecular weight is 244 g/mol. The molecule has 0 saturated carbocycles. The van der Waals surface area contributed by atoms with Crippen molar-refractivity contribution >= 4 is 10.8 Å². The average Bonchev–Trinajstić information content (AvgIpc) is 2.32. The van der Waals surface area contributed by atoms with Crippen LogP contribution in [0, 0.1) is 5.41 Å². The van der Waals surface area contributed by atoms with Gasteiger partial charge in [-0.2, -0.15) is 0 Å². The highest BCUT2D eigenvalue weighted by atomic mass is 16.1. The van der Waals surface area contributed by atoms with Crippen LogP contribution in [0.4, 0.5) is 0 Å². The van der Waals surface area contributed by atoms with Crippen LogP contribution in [0.15, 0.2) is 41.3 Å². The zero-order valence-corrected chi connectivity index (χ0v) is 11.2. The molecule has 1 unspecified atom stereocenters. The van der Waals surface area contributed by atoms with Crippen LogP contribution >= 0.6 is 0 Å². The molecule has 1 aromatic heterocycles. The first kappa shape index (κ1) is 12.8. The summed E-state index contributed by atoms with van der Waals surface area (Å²) in [7, 11) is 0. The van der Waals surface area contributed by atoms with Gasteiger partial charge in [0.25, 0.3) is 5.56 Å². The minimum atomic E-state index is -0.0450. The van der Waals surface area contributed by atoms with Crippen LogP contribution in [0.3, 0.4) is 0 Å². The van der Waals surface area contributed by atoms with Crippen LogP contribution in [0.2, 0.25) is 0 Å². The van der Waals surface area contributed by atoms with Gasteiger partial charge in [-0.3, -0.25) is 4.79 Å². The SMILES string of the molecule is CC(C)(C)C(N)Cn1ccc2ccccc2c1=O. The lowest BCUT2D eigenvalue weighted by Crippen LogP contribution is -2.41. The molecule has 0 amide bonds. The van der Waals surface area contributed by atoms with Crippen LogP contribution in [-0.4, -0.2) is 10.6 Å². The normalized spacial score (nSPS) is 13.8. The van der Waals surface area contributed by atoms with Gasteiger partial charge in [-0.05, 0) is 22.9 Å². The first-order valence-electron chi connectivity index (χ1n) is 6.23. The van der Waals surface area contributed by atoms with Crippen LogP contribution in [-0.2, 0) is 6.54 Å². The minimum Gasteiger partial charge on any atom is -0.326 e. The van der Waals surface area contributed by atoms with Gasteiger partial charge in [0.2, 0.25) is 0 Å². The third-order valence-electron chi connectivity index (χ3n) is 3.39. The molecule has 0 radical (unpaired) electrons. The lowest BCUT2D eigenvalue weighted by atomic mass is 9.87. The van der Waals surface area contributed by atoms with Gasteiger partial charge in [-0.15, -0.1) is 0 Å². The van der Waals surface area contributed by atoms with E-state index in [1.807, 2.05) is 36.5 Å². The molecule has 96 valence electrons. The van der Waals surface area contributed by atoms with E-state index in [2.05, 4.69) is 20.8 Å². The van der Waals surface area contributed by atoms with Crippen LogP contribution in [0.1, 0.15) is 20.8 Å². The van der Waals surface area contributed by atoms with Crippen molar-refractivity contribution in [3.8, 4) is 0 Å². The molecule has 1 heterocycles. The number of hydrogen-bond acceptors (Lipinski definition) is 2. The van der Waals surface area contributed by atoms with Gasteiger partial charge in [0.05, 0.1) is 0 Å². The van der Waals surface area contributed by atoms with Crippen LogP contribution in [0.5, 0.6) is 0 Å². The van der Waals surface area contributed by atoms with Gasteiger partial charge in [0.1, 0.15) is 0 Å². The molecule has 18 heavy (non-hydrogen) atoms. The molecule has 2 rings (SSSR count). The summed E-state index contributed by atoms with van der Waals surface area (Å²) in [4.78, 5) is 12.3. The van der Waals surface area contributed by atoms with Crippen LogP contribution < -0.4 is 11.3 Å². The fourth-order valence-electron chi connectivity index (χ4n) is 1.86. The van der Waals surface area contributed by atoms with Crippen molar-refractivity contribution < 1.29 is 0 Å². The van der Waals surface area contributed by atoms with E-state index in [-0.39, 0.29) is 17.0 Å². The molecule has 3 nitrogen and oxygen atoms in total. The van der Waals surface area contributed by atoms with Crippen molar-refractivity contribution in [1.29, 1.82) is 0 Å². The third-order valence-corrected chi connectivity index (χ3v) is 3.39. The Labute approximate surface area is 107 Å². The van der Waals surface area contributed by atoms with Crippen molar-refractivity contribution in [2.75, 3.05) is 0 Å². The number of aromatic nitrogens is 1. The summed E-state index contributed by atoms with van der Waals surface area (Å²) >= 11 is 0. The zero-order valence-electron chi connectivity index (χ0n) is 11.2. The highest BCUT2D eigenvalue weighted by Crippen LogP contribution is 2.18. The van der Waals surface area contributed by atoms with E-state index in [9.17, 15) is 4.79 Å². The summed E-state index contributed by atoms with van der Waals surface area (Å²) in [5.74, 6) is 0. The van der Waals surface area contributed by atoms with Gasteiger partial charge in [-0.25, -0.2) is 0 Å². The van der Waals surface area contributed by atoms with Gasteiger partial charge in [0, 0.05) is 24.2 Å². The number of fused-ring (bicyclic) bond motifs is 1. The molecule has 1 aromatic carbocycles. The summed E-state index contributed by atoms with van der Waals surface area (Å²) in [5.41, 5.74) is 6.16. The Bertz CT molecular complexity index is 608. The molecular formula is C15H20N2O. The fourth-order valence-corrected chi connectivity index (χ4v) is 1.86. The topological polar surface area (TPSA) is 48.0 Å². The first-order chi connectivity index (χ1) is 8.39. The van der Waals surface area contributed by atoms with Gasteiger partial charge < -0.3 is 10.3 Å². The Hall–Kier alpha value is -1.61. The lowest BCUT2D eigenvalue weighted by molar-refractivity contribution is 0.289. The number of rotatable bonds is 2. The van der Waals surface area contributed by atoms with E-state index < -0.39 is 0 Å². The fraction of sp³-hybridized carbons (Fsp3) is 0.400. The quantitative estimate of drug-likeness (QED) is 0.881.